The van der Waals surface area contributed by atoms with Crippen LogP contribution in [-0.2, 0) is 6.54 Å². The molecule has 0 amide bonds. The van der Waals surface area contributed by atoms with Gasteiger partial charge in [-0.15, -0.1) is 0 Å². The van der Waals surface area contributed by atoms with Crippen LogP contribution in [-0.4, -0.2) is 32.2 Å². The summed E-state index contributed by atoms with van der Waals surface area (Å²) in [6.45, 7) is 0.588. The highest BCUT2D eigenvalue weighted by Crippen LogP contribution is 2.38. The van der Waals surface area contributed by atoms with Gasteiger partial charge in [0.05, 0.1) is 21.3 Å². The Morgan fingerprint density at radius 2 is 1.67 bits per heavy atom. The first-order chi connectivity index (χ1) is 11.7. The summed E-state index contributed by atoms with van der Waals surface area (Å²) in [6.07, 6.45) is 2.74. The first kappa shape index (κ1) is 15.9. The number of carbonyl (C=O) groups is 1. The molecule has 5 heteroatoms. The molecule has 3 aromatic rings. The van der Waals surface area contributed by atoms with Gasteiger partial charge < -0.3 is 18.8 Å². The normalized spacial score (nSPS) is 10.6. The Hall–Kier alpha value is -2.95. The van der Waals surface area contributed by atoms with Crippen molar-refractivity contribution in [3.05, 3.63) is 53.7 Å². The SMILES string of the molecule is COc1cc(Cn2cc(C=O)c3ccccc32)cc(OC)c1OC. The van der Waals surface area contributed by atoms with E-state index in [4.69, 9.17) is 14.2 Å². The number of benzene rings is 2. The smallest absolute Gasteiger partial charge is 0.203 e. The summed E-state index contributed by atoms with van der Waals surface area (Å²) < 4.78 is 18.2. The average Bonchev–Trinajstić information content (AvgIpc) is 2.98. The number of methoxy groups -OCH3 is 3. The summed E-state index contributed by atoms with van der Waals surface area (Å²) in [5.74, 6) is 1.78. The summed E-state index contributed by atoms with van der Waals surface area (Å²) in [4.78, 5) is 11.3. The number of hydrogen-bond acceptors (Lipinski definition) is 4. The van der Waals surface area contributed by atoms with Gasteiger partial charge in [0.1, 0.15) is 0 Å². The van der Waals surface area contributed by atoms with Crippen molar-refractivity contribution in [2.24, 2.45) is 0 Å². The van der Waals surface area contributed by atoms with Crippen LogP contribution in [0, 0.1) is 0 Å². The highest BCUT2D eigenvalue weighted by molar-refractivity contribution is 5.97. The molecule has 0 spiro atoms. The molecule has 1 heterocycles. The number of para-hydroxylation sites is 1. The third-order valence-corrected chi connectivity index (χ3v) is 4.02. The second-order valence-corrected chi connectivity index (χ2v) is 5.38. The minimum absolute atomic E-state index is 0.565. The summed E-state index contributed by atoms with van der Waals surface area (Å²) in [5, 5.41) is 0.944. The van der Waals surface area contributed by atoms with E-state index in [2.05, 4.69) is 0 Å². The van der Waals surface area contributed by atoms with Gasteiger partial charge in [-0.3, -0.25) is 4.79 Å². The number of carbonyl (C=O) groups excluding carboxylic acids is 1. The fraction of sp³-hybridized carbons (Fsp3) is 0.211. The minimum atomic E-state index is 0.565. The minimum Gasteiger partial charge on any atom is -0.493 e. The molecular formula is C19H19NO4. The molecule has 0 atom stereocenters. The van der Waals surface area contributed by atoms with Gasteiger partial charge in [0, 0.05) is 29.2 Å². The number of fused-ring (bicyclic) bond motifs is 1. The predicted molar refractivity (Wildman–Crippen MR) is 92.5 cm³/mol. The zero-order valence-corrected chi connectivity index (χ0v) is 13.9. The van der Waals surface area contributed by atoms with Gasteiger partial charge in [0.25, 0.3) is 0 Å². The Labute approximate surface area is 140 Å². The fourth-order valence-electron chi connectivity index (χ4n) is 2.92. The highest BCUT2D eigenvalue weighted by atomic mass is 16.5. The standard InChI is InChI=1S/C19H19NO4/c1-22-17-8-13(9-18(23-2)19(17)24-3)10-20-11-14(12-21)15-6-4-5-7-16(15)20/h4-9,11-12H,10H2,1-3H3. The molecule has 124 valence electrons. The van der Waals surface area contributed by atoms with E-state index in [0.29, 0.717) is 29.4 Å². The van der Waals surface area contributed by atoms with E-state index in [1.807, 2.05) is 47.2 Å². The molecular weight excluding hydrogens is 306 g/mol. The third kappa shape index (κ3) is 2.69. The number of ether oxygens (including phenoxy) is 3. The molecule has 24 heavy (non-hydrogen) atoms. The molecule has 0 fully saturated rings. The van der Waals surface area contributed by atoms with Gasteiger partial charge in [-0.25, -0.2) is 0 Å². The van der Waals surface area contributed by atoms with Crippen LogP contribution in [0.1, 0.15) is 15.9 Å². The Morgan fingerprint density at radius 1 is 1.00 bits per heavy atom. The molecule has 0 saturated carbocycles. The van der Waals surface area contributed by atoms with Crippen molar-refractivity contribution >= 4 is 17.2 Å². The predicted octanol–water partition coefficient (Wildman–Crippen LogP) is 3.53. The molecule has 0 bridgehead atoms. The molecule has 1 aromatic heterocycles. The van der Waals surface area contributed by atoms with Crippen molar-refractivity contribution in [1.82, 2.24) is 4.57 Å². The maximum Gasteiger partial charge on any atom is 0.203 e. The zero-order valence-electron chi connectivity index (χ0n) is 13.9. The lowest BCUT2D eigenvalue weighted by Gasteiger charge is -2.14. The van der Waals surface area contributed by atoms with Crippen molar-refractivity contribution in [1.29, 1.82) is 0 Å². The summed E-state index contributed by atoms with van der Waals surface area (Å²) in [5.41, 5.74) is 2.68. The number of nitrogens with zero attached hydrogens (tertiary/aromatic N) is 1. The number of hydrogen-bond donors (Lipinski definition) is 0. The van der Waals surface area contributed by atoms with Gasteiger partial charge in [0.15, 0.2) is 17.8 Å². The number of aromatic nitrogens is 1. The summed E-state index contributed by atoms with van der Waals surface area (Å²) >= 11 is 0. The second kappa shape index (κ2) is 6.66. The number of aldehydes is 1. The Morgan fingerprint density at radius 3 is 2.25 bits per heavy atom. The van der Waals surface area contributed by atoms with Crippen LogP contribution in [0.5, 0.6) is 17.2 Å². The van der Waals surface area contributed by atoms with Gasteiger partial charge in [-0.1, -0.05) is 18.2 Å². The first-order valence-corrected chi connectivity index (χ1v) is 7.53. The molecule has 0 saturated heterocycles. The molecule has 3 rings (SSSR count). The summed E-state index contributed by atoms with van der Waals surface area (Å²) in [6, 6.07) is 11.7. The molecule has 0 unspecified atom stereocenters. The lowest BCUT2D eigenvalue weighted by molar-refractivity contribution is 0.112. The third-order valence-electron chi connectivity index (χ3n) is 4.02. The molecule has 0 radical (unpaired) electrons. The van der Waals surface area contributed by atoms with Gasteiger partial charge in [0.2, 0.25) is 5.75 Å². The van der Waals surface area contributed by atoms with Crippen molar-refractivity contribution in [2.45, 2.75) is 6.54 Å². The van der Waals surface area contributed by atoms with E-state index in [0.717, 1.165) is 22.8 Å². The topological polar surface area (TPSA) is 49.7 Å². The molecule has 0 aliphatic rings. The van der Waals surface area contributed by atoms with Crippen molar-refractivity contribution in [3.63, 3.8) is 0 Å². The fourth-order valence-corrected chi connectivity index (χ4v) is 2.92. The summed E-state index contributed by atoms with van der Waals surface area (Å²) in [7, 11) is 4.77. The van der Waals surface area contributed by atoms with Crippen LogP contribution in [0.2, 0.25) is 0 Å². The van der Waals surface area contributed by atoms with Gasteiger partial charge in [-0.05, 0) is 23.8 Å². The van der Waals surface area contributed by atoms with Crippen LogP contribution < -0.4 is 14.2 Å². The van der Waals surface area contributed by atoms with Crippen LogP contribution in [0.4, 0.5) is 0 Å². The van der Waals surface area contributed by atoms with E-state index in [1.54, 1.807) is 21.3 Å². The Balaban J connectivity index is 2.07. The van der Waals surface area contributed by atoms with E-state index < -0.39 is 0 Å². The Bertz CT molecular complexity index is 857. The lowest BCUT2D eigenvalue weighted by Crippen LogP contribution is -2.01. The number of rotatable bonds is 6. The van der Waals surface area contributed by atoms with E-state index in [-0.39, 0.29) is 0 Å². The molecule has 0 aliphatic heterocycles. The largest absolute Gasteiger partial charge is 0.493 e. The zero-order chi connectivity index (χ0) is 17.1. The first-order valence-electron chi connectivity index (χ1n) is 7.53. The second-order valence-electron chi connectivity index (χ2n) is 5.38. The maximum absolute atomic E-state index is 11.3. The monoisotopic (exact) mass is 325 g/mol. The molecule has 0 N–H and O–H groups in total. The molecule has 2 aromatic carbocycles. The lowest BCUT2D eigenvalue weighted by atomic mass is 10.1. The van der Waals surface area contributed by atoms with Crippen LogP contribution in [0.3, 0.4) is 0 Å². The Kier molecular flexibility index (Phi) is 4.42. The van der Waals surface area contributed by atoms with Crippen LogP contribution in [0.25, 0.3) is 10.9 Å². The van der Waals surface area contributed by atoms with E-state index in [9.17, 15) is 4.79 Å². The average molecular weight is 325 g/mol. The van der Waals surface area contributed by atoms with Crippen molar-refractivity contribution in [3.8, 4) is 17.2 Å². The van der Waals surface area contributed by atoms with Crippen LogP contribution >= 0.6 is 0 Å². The maximum atomic E-state index is 11.3. The quantitative estimate of drug-likeness (QED) is 0.651. The molecule has 5 nitrogen and oxygen atoms in total. The van der Waals surface area contributed by atoms with E-state index in [1.165, 1.54) is 0 Å². The van der Waals surface area contributed by atoms with Crippen LogP contribution in [0.15, 0.2) is 42.6 Å². The van der Waals surface area contributed by atoms with Crippen molar-refractivity contribution < 1.29 is 19.0 Å². The highest BCUT2D eigenvalue weighted by Gasteiger charge is 2.14. The van der Waals surface area contributed by atoms with Crippen molar-refractivity contribution in [2.75, 3.05) is 21.3 Å². The molecule has 0 aliphatic carbocycles. The van der Waals surface area contributed by atoms with E-state index >= 15 is 0 Å². The van der Waals surface area contributed by atoms with Gasteiger partial charge in [-0.2, -0.15) is 0 Å². The van der Waals surface area contributed by atoms with Gasteiger partial charge >= 0.3 is 0 Å².